The van der Waals surface area contributed by atoms with Crippen LogP contribution in [0.1, 0.15) is 25.0 Å². The second-order valence-electron chi connectivity index (χ2n) is 6.85. The average molecular weight is 368 g/mol. The molecule has 0 spiro atoms. The fraction of sp³-hybridized carbons (Fsp3) is 0.409. The van der Waals surface area contributed by atoms with Crippen molar-refractivity contribution in [3.8, 4) is 11.5 Å². The third-order valence-electron chi connectivity index (χ3n) is 5.14. The van der Waals surface area contributed by atoms with E-state index in [1.807, 2.05) is 31.2 Å². The van der Waals surface area contributed by atoms with Gasteiger partial charge < -0.3 is 19.7 Å². The molecule has 0 saturated heterocycles. The Kier molecular flexibility index (Phi) is 5.89. The first-order chi connectivity index (χ1) is 13.0. The fourth-order valence-electron chi connectivity index (χ4n) is 3.47. The van der Waals surface area contributed by atoms with Gasteiger partial charge in [-0.2, -0.15) is 0 Å². The molecule has 3 rings (SSSR count). The van der Waals surface area contributed by atoms with E-state index in [1.165, 1.54) is 5.69 Å². The Balaban J connectivity index is 1.70. The number of hydrogen-bond acceptors (Lipinski definition) is 4. The zero-order valence-corrected chi connectivity index (χ0v) is 16.5. The maximum absolute atomic E-state index is 12.8. The largest absolute Gasteiger partial charge is 0.497 e. The standard InChI is InChI=1S/C22H28N2O3/c1-5-24(6-2)18-7-9-20(15(3)11-18)23-22(25)17-12-16-13-19(26-4)8-10-21(16)27-14-17/h7-11,13,17H,5-6,12,14H2,1-4H3,(H,23,25)/t17-/m0/s1. The molecule has 1 heterocycles. The summed E-state index contributed by atoms with van der Waals surface area (Å²) >= 11 is 0. The van der Waals surface area contributed by atoms with Crippen LogP contribution < -0.4 is 19.7 Å². The van der Waals surface area contributed by atoms with Crippen molar-refractivity contribution in [1.29, 1.82) is 0 Å². The molecule has 2 aromatic rings. The van der Waals surface area contributed by atoms with Crippen LogP contribution in [0.4, 0.5) is 11.4 Å². The number of methoxy groups -OCH3 is 1. The third kappa shape index (κ3) is 4.18. The molecule has 1 aliphatic rings. The fourth-order valence-corrected chi connectivity index (χ4v) is 3.47. The maximum atomic E-state index is 12.8. The number of carbonyl (C=O) groups is 1. The van der Waals surface area contributed by atoms with Crippen molar-refractivity contribution in [3.63, 3.8) is 0 Å². The quantitative estimate of drug-likeness (QED) is 0.836. The number of nitrogens with one attached hydrogen (secondary N) is 1. The lowest BCUT2D eigenvalue weighted by molar-refractivity contribution is -0.121. The lowest BCUT2D eigenvalue weighted by atomic mass is 9.95. The van der Waals surface area contributed by atoms with Gasteiger partial charge in [0.15, 0.2) is 0 Å². The second-order valence-corrected chi connectivity index (χ2v) is 6.85. The van der Waals surface area contributed by atoms with Gasteiger partial charge in [-0.3, -0.25) is 4.79 Å². The molecular weight excluding hydrogens is 340 g/mol. The first kappa shape index (κ1) is 19.1. The normalized spacial score (nSPS) is 15.5. The van der Waals surface area contributed by atoms with E-state index in [0.717, 1.165) is 41.4 Å². The van der Waals surface area contributed by atoms with E-state index < -0.39 is 0 Å². The number of carbonyl (C=O) groups excluding carboxylic acids is 1. The molecule has 1 aliphatic heterocycles. The highest BCUT2D eigenvalue weighted by atomic mass is 16.5. The molecule has 1 N–H and O–H groups in total. The Labute approximate surface area is 161 Å². The van der Waals surface area contributed by atoms with Gasteiger partial charge in [0.1, 0.15) is 18.1 Å². The van der Waals surface area contributed by atoms with E-state index in [1.54, 1.807) is 7.11 Å². The van der Waals surface area contributed by atoms with E-state index in [4.69, 9.17) is 9.47 Å². The van der Waals surface area contributed by atoms with Crippen LogP contribution in [0.25, 0.3) is 0 Å². The number of nitrogens with zero attached hydrogens (tertiary/aromatic N) is 1. The molecule has 0 radical (unpaired) electrons. The molecule has 2 aromatic carbocycles. The highest BCUT2D eigenvalue weighted by molar-refractivity contribution is 5.94. The first-order valence-electron chi connectivity index (χ1n) is 9.51. The molecule has 1 amide bonds. The van der Waals surface area contributed by atoms with Crippen LogP contribution in [0, 0.1) is 12.8 Å². The zero-order valence-electron chi connectivity index (χ0n) is 16.5. The van der Waals surface area contributed by atoms with Crippen molar-refractivity contribution >= 4 is 17.3 Å². The predicted molar refractivity (Wildman–Crippen MR) is 109 cm³/mol. The van der Waals surface area contributed by atoms with Gasteiger partial charge >= 0.3 is 0 Å². The summed E-state index contributed by atoms with van der Waals surface area (Å²) in [7, 11) is 1.64. The van der Waals surface area contributed by atoms with Crippen LogP contribution in [0.3, 0.4) is 0 Å². The predicted octanol–water partition coefficient (Wildman–Crippen LogP) is 4.04. The monoisotopic (exact) mass is 368 g/mol. The smallest absolute Gasteiger partial charge is 0.231 e. The molecule has 5 nitrogen and oxygen atoms in total. The number of anilines is 2. The Bertz CT molecular complexity index is 815. The number of benzene rings is 2. The Hall–Kier alpha value is -2.69. The lowest BCUT2D eigenvalue weighted by Crippen LogP contribution is -2.32. The summed E-state index contributed by atoms with van der Waals surface area (Å²) in [6.07, 6.45) is 0.648. The Morgan fingerprint density at radius 2 is 2.00 bits per heavy atom. The van der Waals surface area contributed by atoms with Gasteiger partial charge in [0.05, 0.1) is 13.0 Å². The van der Waals surface area contributed by atoms with Crippen molar-refractivity contribution in [2.24, 2.45) is 5.92 Å². The van der Waals surface area contributed by atoms with Crippen LogP contribution in [0.2, 0.25) is 0 Å². The molecule has 1 atom stereocenters. The SMILES string of the molecule is CCN(CC)c1ccc(NC(=O)[C@@H]2COc3ccc(OC)cc3C2)c(C)c1. The minimum Gasteiger partial charge on any atom is -0.497 e. The molecule has 144 valence electrons. The number of hydrogen-bond donors (Lipinski definition) is 1. The second kappa shape index (κ2) is 8.33. The molecule has 0 bridgehead atoms. The Morgan fingerprint density at radius 3 is 2.67 bits per heavy atom. The highest BCUT2D eigenvalue weighted by Gasteiger charge is 2.26. The van der Waals surface area contributed by atoms with Crippen molar-refractivity contribution in [2.75, 3.05) is 37.0 Å². The molecular formula is C22H28N2O3. The van der Waals surface area contributed by atoms with E-state index in [2.05, 4.69) is 36.2 Å². The molecule has 0 saturated carbocycles. The van der Waals surface area contributed by atoms with E-state index in [0.29, 0.717) is 13.0 Å². The number of aryl methyl sites for hydroxylation is 1. The summed E-state index contributed by atoms with van der Waals surface area (Å²) in [5.41, 5.74) is 4.10. The molecule has 0 aromatic heterocycles. The Morgan fingerprint density at radius 1 is 1.22 bits per heavy atom. The topological polar surface area (TPSA) is 50.8 Å². The van der Waals surface area contributed by atoms with Crippen molar-refractivity contribution in [3.05, 3.63) is 47.5 Å². The molecule has 0 aliphatic carbocycles. The highest BCUT2D eigenvalue weighted by Crippen LogP contribution is 2.31. The van der Waals surface area contributed by atoms with E-state index in [9.17, 15) is 4.79 Å². The molecule has 27 heavy (non-hydrogen) atoms. The number of rotatable bonds is 6. The van der Waals surface area contributed by atoms with Crippen molar-refractivity contribution in [1.82, 2.24) is 0 Å². The summed E-state index contributed by atoms with van der Waals surface area (Å²) in [6, 6.07) is 11.9. The third-order valence-corrected chi connectivity index (χ3v) is 5.14. The van der Waals surface area contributed by atoms with Gasteiger partial charge in [-0.15, -0.1) is 0 Å². The summed E-state index contributed by atoms with van der Waals surface area (Å²) in [4.78, 5) is 15.1. The van der Waals surface area contributed by atoms with Gasteiger partial charge in [0.2, 0.25) is 5.91 Å². The van der Waals surface area contributed by atoms with Gasteiger partial charge in [0.25, 0.3) is 0 Å². The summed E-state index contributed by atoms with van der Waals surface area (Å²) in [6.45, 7) is 8.63. The number of amides is 1. The minimum absolute atomic E-state index is 0.0119. The zero-order chi connectivity index (χ0) is 19.4. The summed E-state index contributed by atoms with van der Waals surface area (Å²) in [5, 5.41) is 3.07. The number of ether oxygens (including phenoxy) is 2. The maximum Gasteiger partial charge on any atom is 0.231 e. The molecule has 5 heteroatoms. The molecule has 0 unspecified atom stereocenters. The van der Waals surface area contributed by atoms with Crippen LogP contribution >= 0.6 is 0 Å². The molecule has 0 fully saturated rings. The van der Waals surface area contributed by atoms with Crippen LogP contribution in [0.15, 0.2) is 36.4 Å². The van der Waals surface area contributed by atoms with E-state index >= 15 is 0 Å². The van der Waals surface area contributed by atoms with E-state index in [-0.39, 0.29) is 11.8 Å². The van der Waals surface area contributed by atoms with Gasteiger partial charge in [-0.25, -0.2) is 0 Å². The number of fused-ring (bicyclic) bond motifs is 1. The van der Waals surface area contributed by atoms with Crippen LogP contribution in [0.5, 0.6) is 11.5 Å². The lowest BCUT2D eigenvalue weighted by Gasteiger charge is -2.26. The van der Waals surface area contributed by atoms with Gasteiger partial charge in [-0.05, 0) is 74.7 Å². The first-order valence-corrected chi connectivity index (χ1v) is 9.51. The van der Waals surface area contributed by atoms with Gasteiger partial charge in [0, 0.05) is 24.5 Å². The average Bonchev–Trinajstić information content (AvgIpc) is 2.69. The summed E-state index contributed by atoms with van der Waals surface area (Å²) in [5.74, 6) is 1.38. The summed E-state index contributed by atoms with van der Waals surface area (Å²) < 4.78 is 11.1. The minimum atomic E-state index is -0.216. The van der Waals surface area contributed by atoms with Crippen LogP contribution in [-0.2, 0) is 11.2 Å². The van der Waals surface area contributed by atoms with Gasteiger partial charge in [-0.1, -0.05) is 0 Å². The van der Waals surface area contributed by atoms with Crippen LogP contribution in [-0.4, -0.2) is 32.7 Å². The van der Waals surface area contributed by atoms with Crippen molar-refractivity contribution in [2.45, 2.75) is 27.2 Å². The van der Waals surface area contributed by atoms with Crippen molar-refractivity contribution < 1.29 is 14.3 Å².